The Hall–Kier alpha value is -2.27. The number of hydrogen-bond acceptors (Lipinski definition) is 2. The van der Waals surface area contributed by atoms with Crippen LogP contribution in [0.1, 0.15) is 18.4 Å². The molecule has 0 bridgehead atoms. The third-order valence-electron chi connectivity index (χ3n) is 3.76. The molecular formula is C17H20ClN5. The van der Waals surface area contributed by atoms with Crippen molar-refractivity contribution in [3.05, 3.63) is 59.4 Å². The maximum absolute atomic E-state index is 5.91. The van der Waals surface area contributed by atoms with E-state index < -0.39 is 0 Å². The maximum Gasteiger partial charge on any atom is 0.191 e. The second kappa shape index (κ2) is 7.33. The highest BCUT2D eigenvalue weighted by atomic mass is 35.5. The van der Waals surface area contributed by atoms with Gasteiger partial charge in [-0.3, -0.25) is 4.99 Å². The van der Waals surface area contributed by atoms with Crippen LogP contribution in [0.2, 0.25) is 5.02 Å². The lowest BCUT2D eigenvalue weighted by atomic mass is 10.2. The number of aromatic nitrogens is 2. The van der Waals surface area contributed by atoms with E-state index in [1.165, 1.54) is 0 Å². The fourth-order valence-corrected chi connectivity index (χ4v) is 2.62. The van der Waals surface area contributed by atoms with Gasteiger partial charge in [-0.2, -0.15) is 5.10 Å². The first kappa shape index (κ1) is 15.6. The van der Waals surface area contributed by atoms with Gasteiger partial charge in [0.15, 0.2) is 5.96 Å². The van der Waals surface area contributed by atoms with E-state index in [0.29, 0.717) is 12.6 Å². The van der Waals surface area contributed by atoms with Crippen LogP contribution in [0.25, 0.3) is 5.69 Å². The molecule has 0 amide bonds. The second-order valence-corrected chi connectivity index (χ2v) is 5.92. The molecule has 0 unspecified atom stereocenters. The minimum absolute atomic E-state index is 0.443. The summed E-state index contributed by atoms with van der Waals surface area (Å²) in [5, 5.41) is 11.8. The molecule has 0 aliphatic heterocycles. The lowest BCUT2D eigenvalue weighted by molar-refractivity contribution is 0.633. The van der Waals surface area contributed by atoms with Crippen molar-refractivity contribution in [3.8, 4) is 5.69 Å². The molecule has 0 atom stereocenters. The molecule has 1 aromatic carbocycles. The summed E-state index contributed by atoms with van der Waals surface area (Å²) in [5.74, 6) is 0.818. The molecule has 23 heavy (non-hydrogen) atoms. The Kier molecular flexibility index (Phi) is 4.98. The smallest absolute Gasteiger partial charge is 0.191 e. The first-order valence-corrected chi connectivity index (χ1v) is 8.04. The minimum Gasteiger partial charge on any atom is -0.353 e. The molecule has 0 spiro atoms. The zero-order chi connectivity index (χ0) is 16.1. The molecule has 5 nitrogen and oxygen atoms in total. The Morgan fingerprint density at radius 1 is 1.30 bits per heavy atom. The van der Waals surface area contributed by atoms with Gasteiger partial charge in [0.25, 0.3) is 0 Å². The topological polar surface area (TPSA) is 54.2 Å². The van der Waals surface area contributed by atoms with Crippen LogP contribution in [0.5, 0.6) is 0 Å². The lowest BCUT2D eigenvalue weighted by Gasteiger charge is -2.16. The molecule has 1 aliphatic carbocycles. The van der Waals surface area contributed by atoms with E-state index in [9.17, 15) is 0 Å². The van der Waals surface area contributed by atoms with E-state index >= 15 is 0 Å². The number of guanidine groups is 1. The molecule has 0 radical (unpaired) electrons. The van der Waals surface area contributed by atoms with E-state index in [1.54, 1.807) is 7.05 Å². The number of halogens is 1. The minimum atomic E-state index is 0.443. The quantitative estimate of drug-likeness (QED) is 0.515. The van der Waals surface area contributed by atoms with Crippen LogP contribution < -0.4 is 10.6 Å². The van der Waals surface area contributed by atoms with Gasteiger partial charge in [0.05, 0.1) is 11.9 Å². The van der Waals surface area contributed by atoms with E-state index in [0.717, 1.165) is 35.1 Å². The van der Waals surface area contributed by atoms with Gasteiger partial charge in [0.1, 0.15) is 0 Å². The molecule has 0 saturated carbocycles. The molecule has 3 rings (SSSR count). The molecule has 0 fully saturated rings. The van der Waals surface area contributed by atoms with Crippen molar-refractivity contribution in [2.75, 3.05) is 7.05 Å². The van der Waals surface area contributed by atoms with Crippen LogP contribution in [0.3, 0.4) is 0 Å². The summed E-state index contributed by atoms with van der Waals surface area (Å²) in [6.07, 6.45) is 10.3. The summed E-state index contributed by atoms with van der Waals surface area (Å²) in [7, 11) is 1.79. The Bertz CT molecular complexity index is 694. The van der Waals surface area contributed by atoms with Crippen LogP contribution >= 0.6 is 11.6 Å². The highest BCUT2D eigenvalue weighted by molar-refractivity contribution is 6.30. The predicted molar refractivity (Wildman–Crippen MR) is 94.1 cm³/mol. The van der Waals surface area contributed by atoms with Crippen molar-refractivity contribution in [2.45, 2.75) is 25.4 Å². The van der Waals surface area contributed by atoms with Gasteiger partial charge < -0.3 is 10.6 Å². The standard InChI is InChI=1S/C17H20ClN5/c1-19-17(22-15-4-2-3-5-15)20-10-13-11-21-23(12-13)16-8-6-14(18)7-9-16/h2-3,6-9,11-12,15H,4-5,10H2,1H3,(H2,19,20,22). The van der Waals surface area contributed by atoms with Crippen LogP contribution in [0.15, 0.2) is 53.8 Å². The van der Waals surface area contributed by atoms with Gasteiger partial charge in [0, 0.05) is 36.4 Å². The molecule has 6 heteroatoms. The predicted octanol–water partition coefficient (Wildman–Crippen LogP) is 2.91. The Morgan fingerprint density at radius 2 is 2.04 bits per heavy atom. The zero-order valence-corrected chi connectivity index (χ0v) is 13.8. The highest BCUT2D eigenvalue weighted by Gasteiger charge is 2.11. The molecule has 120 valence electrons. The fourth-order valence-electron chi connectivity index (χ4n) is 2.50. The molecule has 1 heterocycles. The number of rotatable bonds is 4. The van der Waals surface area contributed by atoms with Crippen molar-refractivity contribution >= 4 is 17.6 Å². The van der Waals surface area contributed by atoms with E-state index in [2.05, 4.69) is 32.9 Å². The van der Waals surface area contributed by atoms with Crippen molar-refractivity contribution in [1.29, 1.82) is 0 Å². The van der Waals surface area contributed by atoms with Crippen LogP contribution in [-0.2, 0) is 6.54 Å². The van der Waals surface area contributed by atoms with Crippen molar-refractivity contribution in [1.82, 2.24) is 20.4 Å². The molecule has 0 saturated heterocycles. The summed E-state index contributed by atoms with van der Waals surface area (Å²) in [5.41, 5.74) is 2.08. The summed E-state index contributed by atoms with van der Waals surface area (Å²) >= 11 is 5.91. The molecule has 2 N–H and O–H groups in total. The normalized spacial score (nSPS) is 15.1. The summed E-state index contributed by atoms with van der Waals surface area (Å²) < 4.78 is 1.84. The first-order valence-electron chi connectivity index (χ1n) is 7.66. The molecule has 1 aliphatic rings. The second-order valence-electron chi connectivity index (χ2n) is 5.48. The highest BCUT2D eigenvalue weighted by Crippen LogP contribution is 2.13. The summed E-state index contributed by atoms with van der Waals surface area (Å²) in [4.78, 5) is 4.27. The third kappa shape index (κ3) is 4.13. The molecular weight excluding hydrogens is 310 g/mol. The number of nitrogens with zero attached hydrogens (tertiary/aromatic N) is 3. The number of nitrogens with one attached hydrogen (secondary N) is 2. The number of benzene rings is 1. The Labute approximate surface area is 141 Å². The van der Waals surface area contributed by atoms with Gasteiger partial charge in [0.2, 0.25) is 0 Å². The number of aliphatic imine (C=N–C) groups is 1. The first-order chi connectivity index (χ1) is 11.2. The van der Waals surface area contributed by atoms with Crippen LogP contribution in [-0.4, -0.2) is 28.8 Å². The largest absolute Gasteiger partial charge is 0.353 e. The van der Waals surface area contributed by atoms with E-state index in [4.69, 9.17) is 11.6 Å². The Morgan fingerprint density at radius 3 is 2.74 bits per heavy atom. The fraction of sp³-hybridized carbons (Fsp3) is 0.294. The van der Waals surface area contributed by atoms with Gasteiger partial charge >= 0.3 is 0 Å². The molecule has 2 aromatic rings. The Balaban J connectivity index is 1.57. The third-order valence-corrected chi connectivity index (χ3v) is 4.01. The van der Waals surface area contributed by atoms with Crippen molar-refractivity contribution in [3.63, 3.8) is 0 Å². The van der Waals surface area contributed by atoms with Gasteiger partial charge in [-0.15, -0.1) is 0 Å². The van der Waals surface area contributed by atoms with Crippen molar-refractivity contribution in [2.24, 2.45) is 4.99 Å². The van der Waals surface area contributed by atoms with E-state index in [-0.39, 0.29) is 0 Å². The lowest BCUT2D eigenvalue weighted by Crippen LogP contribution is -2.42. The van der Waals surface area contributed by atoms with E-state index in [1.807, 2.05) is 41.3 Å². The SMILES string of the molecule is CN=C(NCc1cnn(-c2ccc(Cl)cc2)c1)NC1CC=CC1. The average Bonchev–Trinajstić information content (AvgIpc) is 3.24. The maximum atomic E-state index is 5.91. The average molecular weight is 330 g/mol. The molecule has 1 aromatic heterocycles. The van der Waals surface area contributed by atoms with Gasteiger partial charge in [-0.1, -0.05) is 23.8 Å². The summed E-state index contributed by atoms with van der Waals surface area (Å²) in [6, 6.07) is 8.05. The van der Waals surface area contributed by atoms with Crippen LogP contribution in [0.4, 0.5) is 0 Å². The monoisotopic (exact) mass is 329 g/mol. The van der Waals surface area contributed by atoms with Gasteiger partial charge in [-0.05, 0) is 37.1 Å². The van der Waals surface area contributed by atoms with Crippen molar-refractivity contribution < 1.29 is 0 Å². The van der Waals surface area contributed by atoms with Gasteiger partial charge in [-0.25, -0.2) is 4.68 Å². The number of hydrogen-bond donors (Lipinski definition) is 2. The summed E-state index contributed by atoms with van der Waals surface area (Å²) in [6.45, 7) is 0.674. The van der Waals surface area contributed by atoms with Crippen LogP contribution in [0, 0.1) is 0 Å². The zero-order valence-electron chi connectivity index (χ0n) is 13.0.